The fraction of sp³-hybridized carbons (Fsp3) is 0.0714. The minimum absolute atomic E-state index is 0.0333. The summed E-state index contributed by atoms with van der Waals surface area (Å²) in [4.78, 5) is 4.40. The Morgan fingerprint density at radius 1 is 1.17 bits per heavy atom. The van der Waals surface area contributed by atoms with Gasteiger partial charge in [-0.05, 0) is 42.8 Å². The highest BCUT2D eigenvalue weighted by Crippen LogP contribution is 2.29. The van der Waals surface area contributed by atoms with Crippen LogP contribution >= 0.6 is 0 Å². The average Bonchev–Trinajstić information content (AvgIpc) is 2.75. The summed E-state index contributed by atoms with van der Waals surface area (Å²) in [5, 5.41) is 9.59. The molecule has 0 radical (unpaired) electrons. The molecule has 1 aromatic heterocycles. The number of nitrogens with two attached hydrogens (primary N) is 1. The lowest BCUT2D eigenvalue weighted by atomic mass is 10.2. The van der Waals surface area contributed by atoms with Crippen molar-refractivity contribution in [3.05, 3.63) is 42.0 Å². The summed E-state index contributed by atoms with van der Waals surface area (Å²) in [5.41, 5.74) is 9.27. The van der Waals surface area contributed by atoms with Crippen molar-refractivity contribution in [1.82, 2.24) is 4.98 Å². The summed E-state index contributed by atoms with van der Waals surface area (Å²) in [5.74, 6) is 0.511. The number of fused-ring (bicyclic) bond motifs is 1. The Hall–Kier alpha value is -2.49. The monoisotopic (exact) mass is 240 g/mol. The fourth-order valence-corrected chi connectivity index (χ4v) is 1.84. The number of anilines is 1. The number of phenolic OH excluding ortho intramolecular Hbond substituents is 1. The van der Waals surface area contributed by atoms with E-state index in [9.17, 15) is 5.11 Å². The topological polar surface area (TPSA) is 72.3 Å². The summed E-state index contributed by atoms with van der Waals surface area (Å²) in [6.45, 7) is 2.00. The number of hydrogen-bond acceptors (Lipinski definition) is 4. The minimum Gasteiger partial charge on any atom is -0.506 e. The van der Waals surface area contributed by atoms with E-state index in [4.69, 9.17) is 10.2 Å². The van der Waals surface area contributed by atoms with Gasteiger partial charge in [0, 0.05) is 5.56 Å². The highest BCUT2D eigenvalue weighted by atomic mass is 16.3. The van der Waals surface area contributed by atoms with Crippen LogP contribution in [0, 0.1) is 6.92 Å². The molecule has 0 fully saturated rings. The highest BCUT2D eigenvalue weighted by Gasteiger charge is 2.09. The molecule has 4 nitrogen and oxygen atoms in total. The van der Waals surface area contributed by atoms with Crippen LogP contribution in [0.1, 0.15) is 5.56 Å². The van der Waals surface area contributed by atoms with E-state index in [1.54, 1.807) is 18.2 Å². The molecule has 3 rings (SSSR count). The molecule has 0 atom stereocenters. The van der Waals surface area contributed by atoms with Crippen molar-refractivity contribution in [3.8, 4) is 17.2 Å². The number of benzene rings is 2. The van der Waals surface area contributed by atoms with Crippen molar-refractivity contribution < 1.29 is 9.52 Å². The van der Waals surface area contributed by atoms with Crippen molar-refractivity contribution in [1.29, 1.82) is 0 Å². The number of aryl methyl sites for hydroxylation is 1. The quantitative estimate of drug-likeness (QED) is 0.506. The van der Waals surface area contributed by atoms with Crippen molar-refractivity contribution in [2.45, 2.75) is 6.92 Å². The SMILES string of the molecule is Cc1ccc2oc(-c3ccc(N)c(O)c3)nc2c1. The maximum absolute atomic E-state index is 9.59. The van der Waals surface area contributed by atoms with E-state index < -0.39 is 0 Å². The van der Waals surface area contributed by atoms with Crippen LogP contribution in [0.25, 0.3) is 22.6 Å². The van der Waals surface area contributed by atoms with E-state index >= 15 is 0 Å². The van der Waals surface area contributed by atoms with Crippen LogP contribution in [0.2, 0.25) is 0 Å². The van der Waals surface area contributed by atoms with E-state index in [0.29, 0.717) is 17.1 Å². The summed E-state index contributed by atoms with van der Waals surface area (Å²) >= 11 is 0. The molecule has 0 saturated carbocycles. The lowest BCUT2D eigenvalue weighted by molar-refractivity contribution is 0.478. The van der Waals surface area contributed by atoms with E-state index in [2.05, 4.69) is 4.98 Å². The van der Waals surface area contributed by atoms with Crippen molar-refractivity contribution in [2.75, 3.05) is 5.73 Å². The maximum Gasteiger partial charge on any atom is 0.227 e. The Morgan fingerprint density at radius 2 is 2.00 bits per heavy atom. The summed E-state index contributed by atoms with van der Waals surface area (Å²) in [7, 11) is 0. The second-order valence-corrected chi connectivity index (χ2v) is 4.26. The zero-order valence-corrected chi connectivity index (χ0v) is 9.84. The van der Waals surface area contributed by atoms with Gasteiger partial charge in [0.15, 0.2) is 5.58 Å². The molecule has 90 valence electrons. The first-order chi connectivity index (χ1) is 8.63. The maximum atomic E-state index is 9.59. The average molecular weight is 240 g/mol. The van der Waals surface area contributed by atoms with Crippen LogP contribution in [-0.4, -0.2) is 10.1 Å². The van der Waals surface area contributed by atoms with E-state index in [-0.39, 0.29) is 5.75 Å². The number of nitrogens with zero attached hydrogens (tertiary/aromatic N) is 1. The molecule has 0 unspecified atom stereocenters. The van der Waals surface area contributed by atoms with Crippen LogP contribution in [0.4, 0.5) is 5.69 Å². The van der Waals surface area contributed by atoms with Gasteiger partial charge in [-0.15, -0.1) is 0 Å². The van der Waals surface area contributed by atoms with E-state index in [1.807, 2.05) is 25.1 Å². The molecule has 0 bridgehead atoms. The number of aromatic nitrogens is 1. The van der Waals surface area contributed by atoms with Gasteiger partial charge < -0.3 is 15.3 Å². The van der Waals surface area contributed by atoms with Gasteiger partial charge >= 0.3 is 0 Å². The van der Waals surface area contributed by atoms with Gasteiger partial charge in [-0.3, -0.25) is 0 Å². The Balaban J connectivity index is 2.16. The van der Waals surface area contributed by atoms with Crippen molar-refractivity contribution in [3.63, 3.8) is 0 Å². The van der Waals surface area contributed by atoms with Gasteiger partial charge in [0.2, 0.25) is 5.89 Å². The first kappa shape index (κ1) is 10.7. The number of aromatic hydroxyl groups is 1. The normalized spacial score (nSPS) is 10.9. The van der Waals surface area contributed by atoms with E-state index in [0.717, 1.165) is 16.7 Å². The minimum atomic E-state index is 0.0333. The van der Waals surface area contributed by atoms with Gasteiger partial charge in [-0.2, -0.15) is 0 Å². The van der Waals surface area contributed by atoms with Crippen molar-refractivity contribution in [2.24, 2.45) is 0 Å². The first-order valence-electron chi connectivity index (χ1n) is 5.59. The van der Waals surface area contributed by atoms with Crippen LogP contribution in [0.15, 0.2) is 40.8 Å². The predicted molar refractivity (Wildman–Crippen MR) is 70.3 cm³/mol. The Morgan fingerprint density at radius 3 is 2.78 bits per heavy atom. The second-order valence-electron chi connectivity index (χ2n) is 4.26. The summed E-state index contributed by atoms with van der Waals surface area (Å²) in [6.07, 6.45) is 0. The lowest BCUT2D eigenvalue weighted by Gasteiger charge is -1.99. The van der Waals surface area contributed by atoms with Gasteiger partial charge in [-0.1, -0.05) is 6.07 Å². The molecule has 0 saturated heterocycles. The zero-order chi connectivity index (χ0) is 12.7. The number of phenols is 1. The molecule has 0 spiro atoms. The standard InChI is InChI=1S/C14H12N2O2/c1-8-2-5-13-11(6-8)16-14(18-13)9-3-4-10(15)12(17)7-9/h2-7,17H,15H2,1H3. The Labute approximate surface area is 104 Å². The van der Waals surface area contributed by atoms with Gasteiger partial charge in [0.25, 0.3) is 0 Å². The first-order valence-corrected chi connectivity index (χ1v) is 5.59. The Bertz CT molecular complexity index is 732. The largest absolute Gasteiger partial charge is 0.506 e. The molecule has 2 aromatic carbocycles. The third-order valence-corrected chi connectivity index (χ3v) is 2.82. The molecule has 0 aliphatic rings. The zero-order valence-electron chi connectivity index (χ0n) is 9.84. The molecule has 0 amide bonds. The molecular weight excluding hydrogens is 228 g/mol. The molecule has 0 aliphatic carbocycles. The number of hydrogen-bond donors (Lipinski definition) is 2. The third kappa shape index (κ3) is 1.68. The number of nitrogen functional groups attached to an aromatic ring is 1. The van der Waals surface area contributed by atoms with E-state index in [1.165, 1.54) is 0 Å². The molecule has 3 aromatic rings. The molecular formula is C14H12N2O2. The van der Waals surface area contributed by atoms with Gasteiger partial charge in [0.05, 0.1) is 5.69 Å². The van der Waals surface area contributed by atoms with Crippen LogP contribution < -0.4 is 5.73 Å². The number of oxazole rings is 1. The van der Waals surface area contributed by atoms with Crippen LogP contribution in [-0.2, 0) is 0 Å². The lowest BCUT2D eigenvalue weighted by Crippen LogP contribution is -1.85. The second kappa shape index (κ2) is 3.77. The summed E-state index contributed by atoms with van der Waals surface area (Å²) < 4.78 is 5.64. The fourth-order valence-electron chi connectivity index (χ4n) is 1.84. The third-order valence-electron chi connectivity index (χ3n) is 2.82. The van der Waals surface area contributed by atoms with Crippen molar-refractivity contribution >= 4 is 16.8 Å². The molecule has 1 heterocycles. The van der Waals surface area contributed by atoms with Crippen LogP contribution in [0.3, 0.4) is 0 Å². The van der Waals surface area contributed by atoms with Gasteiger partial charge in [-0.25, -0.2) is 4.98 Å². The predicted octanol–water partition coefficient (Wildman–Crippen LogP) is 3.09. The van der Waals surface area contributed by atoms with Crippen LogP contribution in [0.5, 0.6) is 5.75 Å². The molecule has 18 heavy (non-hydrogen) atoms. The Kier molecular flexibility index (Phi) is 2.23. The molecule has 0 aliphatic heterocycles. The summed E-state index contributed by atoms with van der Waals surface area (Å²) in [6, 6.07) is 10.8. The highest BCUT2D eigenvalue weighted by molar-refractivity contribution is 5.77. The number of rotatable bonds is 1. The van der Waals surface area contributed by atoms with Gasteiger partial charge in [0.1, 0.15) is 11.3 Å². The molecule has 4 heteroatoms. The smallest absolute Gasteiger partial charge is 0.227 e. The molecule has 3 N–H and O–H groups in total.